The molecule has 1 fully saturated rings. The Labute approximate surface area is 115 Å². The fourth-order valence-corrected chi connectivity index (χ4v) is 2.52. The van der Waals surface area contributed by atoms with Gasteiger partial charge in [0, 0.05) is 38.7 Å². The number of rotatable bonds is 5. The molecule has 2 N–H and O–H groups in total. The Morgan fingerprint density at radius 3 is 2.47 bits per heavy atom. The normalized spacial score (nSPS) is 16.8. The summed E-state index contributed by atoms with van der Waals surface area (Å²) in [4.78, 5) is 13.8. The molecule has 0 aliphatic carbocycles. The van der Waals surface area contributed by atoms with E-state index in [4.69, 9.17) is 5.73 Å². The van der Waals surface area contributed by atoms with Crippen molar-refractivity contribution >= 4 is 11.6 Å². The molecule has 2 rings (SSSR count). The lowest BCUT2D eigenvalue weighted by molar-refractivity contribution is 0.258. The molecular formula is C14H25N5. The van der Waals surface area contributed by atoms with Crippen LogP contribution in [0.5, 0.6) is 0 Å². The lowest BCUT2D eigenvalue weighted by atomic mass is 10.2. The predicted octanol–water partition coefficient (Wildman–Crippen LogP) is 1.54. The second-order valence-electron chi connectivity index (χ2n) is 5.15. The molecule has 0 bridgehead atoms. The largest absolute Gasteiger partial charge is 0.384 e. The summed E-state index contributed by atoms with van der Waals surface area (Å²) in [6.45, 7) is 9.84. The Morgan fingerprint density at radius 2 is 1.84 bits per heavy atom. The van der Waals surface area contributed by atoms with Crippen molar-refractivity contribution in [2.75, 3.05) is 43.4 Å². The third-order valence-electron chi connectivity index (χ3n) is 3.49. The van der Waals surface area contributed by atoms with Crippen molar-refractivity contribution in [2.24, 2.45) is 0 Å². The maximum absolute atomic E-state index is 5.88. The lowest BCUT2D eigenvalue weighted by Crippen LogP contribution is -2.46. The molecule has 0 atom stereocenters. The van der Waals surface area contributed by atoms with Gasteiger partial charge >= 0.3 is 0 Å². The van der Waals surface area contributed by atoms with Crippen molar-refractivity contribution in [1.29, 1.82) is 0 Å². The summed E-state index contributed by atoms with van der Waals surface area (Å²) >= 11 is 0. The quantitative estimate of drug-likeness (QED) is 0.873. The van der Waals surface area contributed by atoms with Crippen LogP contribution in [0, 0.1) is 0 Å². The van der Waals surface area contributed by atoms with Gasteiger partial charge < -0.3 is 10.6 Å². The zero-order valence-electron chi connectivity index (χ0n) is 12.1. The van der Waals surface area contributed by atoms with Gasteiger partial charge in [-0.25, -0.2) is 9.97 Å². The van der Waals surface area contributed by atoms with Crippen molar-refractivity contribution in [2.45, 2.75) is 33.1 Å². The smallest absolute Gasteiger partial charge is 0.134 e. The molecule has 0 unspecified atom stereocenters. The maximum Gasteiger partial charge on any atom is 0.134 e. The molecule has 1 aliphatic heterocycles. The predicted molar refractivity (Wildman–Crippen MR) is 79.4 cm³/mol. The Kier molecular flexibility index (Phi) is 4.96. The Morgan fingerprint density at radius 1 is 1.11 bits per heavy atom. The second-order valence-corrected chi connectivity index (χ2v) is 5.15. The first-order valence-corrected chi connectivity index (χ1v) is 7.33. The van der Waals surface area contributed by atoms with Crippen LogP contribution in [0.2, 0.25) is 0 Å². The lowest BCUT2D eigenvalue weighted by Gasteiger charge is -2.35. The zero-order valence-corrected chi connectivity index (χ0v) is 12.1. The van der Waals surface area contributed by atoms with Crippen LogP contribution >= 0.6 is 0 Å². The van der Waals surface area contributed by atoms with Crippen LogP contribution in [0.15, 0.2) is 6.07 Å². The molecule has 1 saturated heterocycles. The van der Waals surface area contributed by atoms with Crippen molar-refractivity contribution in [3.63, 3.8) is 0 Å². The van der Waals surface area contributed by atoms with Crippen LogP contribution in [-0.2, 0) is 6.42 Å². The summed E-state index contributed by atoms with van der Waals surface area (Å²) in [6.07, 6.45) is 3.17. The summed E-state index contributed by atoms with van der Waals surface area (Å²) in [5, 5.41) is 0. The van der Waals surface area contributed by atoms with Crippen molar-refractivity contribution in [3.8, 4) is 0 Å². The molecule has 0 aromatic carbocycles. The van der Waals surface area contributed by atoms with E-state index in [1.165, 1.54) is 13.0 Å². The van der Waals surface area contributed by atoms with Crippen LogP contribution in [0.25, 0.3) is 0 Å². The molecule has 0 amide bonds. The number of nitrogens with two attached hydrogens (primary N) is 1. The number of hydrogen-bond acceptors (Lipinski definition) is 5. The molecule has 1 aliphatic rings. The SMILES string of the molecule is CCCc1nc(N)cc(N2CCN(CCC)CC2)n1. The summed E-state index contributed by atoms with van der Waals surface area (Å²) in [7, 11) is 0. The molecule has 19 heavy (non-hydrogen) atoms. The van der Waals surface area contributed by atoms with Crippen molar-refractivity contribution in [3.05, 3.63) is 11.9 Å². The first-order valence-electron chi connectivity index (χ1n) is 7.33. The Bertz CT molecular complexity index is 399. The van der Waals surface area contributed by atoms with E-state index in [0.29, 0.717) is 5.82 Å². The van der Waals surface area contributed by atoms with Gasteiger partial charge in [-0.05, 0) is 19.4 Å². The van der Waals surface area contributed by atoms with Crippen LogP contribution in [0.3, 0.4) is 0 Å². The molecule has 0 saturated carbocycles. The minimum Gasteiger partial charge on any atom is -0.384 e. The van der Waals surface area contributed by atoms with Gasteiger partial charge in [0.25, 0.3) is 0 Å². The highest BCUT2D eigenvalue weighted by atomic mass is 15.3. The third kappa shape index (κ3) is 3.80. The summed E-state index contributed by atoms with van der Waals surface area (Å²) < 4.78 is 0. The number of nitrogens with zero attached hydrogens (tertiary/aromatic N) is 4. The molecule has 0 spiro atoms. The molecule has 5 heteroatoms. The minimum absolute atomic E-state index is 0.587. The first-order chi connectivity index (χ1) is 9.22. The highest BCUT2D eigenvalue weighted by molar-refractivity contribution is 5.47. The molecule has 106 valence electrons. The van der Waals surface area contributed by atoms with Gasteiger partial charge in [0.1, 0.15) is 17.5 Å². The van der Waals surface area contributed by atoms with E-state index >= 15 is 0 Å². The van der Waals surface area contributed by atoms with Gasteiger partial charge in [-0.3, -0.25) is 4.90 Å². The van der Waals surface area contributed by atoms with Crippen LogP contribution < -0.4 is 10.6 Å². The molecule has 5 nitrogen and oxygen atoms in total. The highest BCUT2D eigenvalue weighted by Gasteiger charge is 2.18. The van der Waals surface area contributed by atoms with Gasteiger partial charge in [-0.1, -0.05) is 13.8 Å². The first kappa shape index (κ1) is 14.1. The van der Waals surface area contributed by atoms with Crippen LogP contribution in [0.1, 0.15) is 32.5 Å². The number of nitrogen functional groups attached to an aromatic ring is 1. The van der Waals surface area contributed by atoms with E-state index < -0.39 is 0 Å². The Balaban J connectivity index is 2.02. The van der Waals surface area contributed by atoms with Gasteiger partial charge in [0.05, 0.1) is 0 Å². The fraction of sp³-hybridized carbons (Fsp3) is 0.714. The maximum atomic E-state index is 5.88. The van der Waals surface area contributed by atoms with E-state index in [9.17, 15) is 0 Å². The van der Waals surface area contributed by atoms with Gasteiger partial charge in [-0.2, -0.15) is 0 Å². The molecule has 1 aromatic heterocycles. The van der Waals surface area contributed by atoms with Crippen LogP contribution in [-0.4, -0.2) is 47.6 Å². The van der Waals surface area contributed by atoms with E-state index in [1.807, 2.05) is 6.07 Å². The van der Waals surface area contributed by atoms with E-state index in [-0.39, 0.29) is 0 Å². The van der Waals surface area contributed by atoms with Gasteiger partial charge in [0.15, 0.2) is 0 Å². The number of aryl methyl sites for hydroxylation is 1. The average Bonchev–Trinajstić information content (AvgIpc) is 2.40. The monoisotopic (exact) mass is 263 g/mol. The Hall–Kier alpha value is -1.36. The zero-order chi connectivity index (χ0) is 13.7. The topological polar surface area (TPSA) is 58.3 Å². The van der Waals surface area contributed by atoms with Gasteiger partial charge in [-0.15, -0.1) is 0 Å². The second kappa shape index (κ2) is 6.70. The minimum atomic E-state index is 0.587. The number of aromatic nitrogens is 2. The third-order valence-corrected chi connectivity index (χ3v) is 3.49. The number of hydrogen-bond donors (Lipinski definition) is 1. The van der Waals surface area contributed by atoms with Crippen LogP contribution in [0.4, 0.5) is 11.6 Å². The molecule has 1 aromatic rings. The summed E-state index contributed by atoms with van der Waals surface area (Å²) in [5.41, 5.74) is 5.88. The van der Waals surface area contributed by atoms with Gasteiger partial charge in [0.2, 0.25) is 0 Å². The van der Waals surface area contributed by atoms with Crippen molar-refractivity contribution < 1.29 is 0 Å². The standard InChI is InChI=1S/C14H25N5/c1-3-5-13-16-12(15)11-14(17-13)19-9-7-18(6-4-2)8-10-19/h11H,3-10H2,1-2H3,(H2,15,16,17). The number of anilines is 2. The molecule has 0 radical (unpaired) electrons. The number of piperazine rings is 1. The van der Waals surface area contributed by atoms with Crippen molar-refractivity contribution in [1.82, 2.24) is 14.9 Å². The van der Waals surface area contributed by atoms with E-state index in [1.54, 1.807) is 0 Å². The fourth-order valence-electron chi connectivity index (χ4n) is 2.52. The van der Waals surface area contributed by atoms with E-state index in [2.05, 4.69) is 33.6 Å². The summed E-state index contributed by atoms with van der Waals surface area (Å²) in [5.74, 6) is 2.45. The molecular weight excluding hydrogens is 238 g/mol. The molecule has 2 heterocycles. The van der Waals surface area contributed by atoms with E-state index in [0.717, 1.165) is 50.7 Å². The average molecular weight is 263 g/mol. The summed E-state index contributed by atoms with van der Waals surface area (Å²) in [6, 6.07) is 1.90. The highest BCUT2D eigenvalue weighted by Crippen LogP contribution is 2.17.